The van der Waals surface area contributed by atoms with Crippen molar-refractivity contribution in [3.8, 4) is 5.69 Å². The van der Waals surface area contributed by atoms with Crippen molar-refractivity contribution >= 4 is 23.4 Å². The van der Waals surface area contributed by atoms with Gasteiger partial charge in [0.05, 0.1) is 10.9 Å². The first-order valence-electron chi connectivity index (χ1n) is 8.98. The number of aryl methyl sites for hydroxylation is 1. The molecule has 1 amide bonds. The van der Waals surface area contributed by atoms with Gasteiger partial charge in [0.1, 0.15) is 0 Å². The summed E-state index contributed by atoms with van der Waals surface area (Å²) in [6, 6.07) is 16.2. The van der Waals surface area contributed by atoms with Crippen LogP contribution in [-0.4, -0.2) is 37.4 Å². The molecule has 2 aromatic carbocycles. The summed E-state index contributed by atoms with van der Waals surface area (Å²) in [7, 11) is 0. The topological polar surface area (TPSA) is 63.9 Å². The van der Waals surface area contributed by atoms with E-state index in [2.05, 4.69) is 28.5 Å². The standard InChI is InChI=1S/C20H21N5OS/c1-13-8-4-6-10-17(13)25-20(21-22-23-25)27-15(3)19(26)24-14(2)12-16-9-5-7-11-18(16)24/h4-11,14-15H,12H2,1-3H3/t14-,15+/m1/s1. The fourth-order valence-corrected chi connectivity index (χ4v) is 4.36. The molecule has 4 rings (SSSR count). The zero-order valence-corrected chi connectivity index (χ0v) is 16.3. The second-order valence-electron chi connectivity index (χ2n) is 6.81. The van der Waals surface area contributed by atoms with E-state index >= 15 is 0 Å². The lowest BCUT2D eigenvalue weighted by atomic mass is 10.1. The summed E-state index contributed by atoms with van der Waals surface area (Å²) in [5.74, 6) is 0.0804. The molecule has 0 saturated heterocycles. The molecule has 27 heavy (non-hydrogen) atoms. The minimum atomic E-state index is -0.299. The highest BCUT2D eigenvalue weighted by Gasteiger charge is 2.34. The minimum Gasteiger partial charge on any atom is -0.308 e. The maximum atomic E-state index is 13.2. The Morgan fingerprint density at radius 3 is 2.63 bits per heavy atom. The molecule has 1 aromatic heterocycles. The van der Waals surface area contributed by atoms with Crippen LogP contribution >= 0.6 is 11.8 Å². The van der Waals surface area contributed by atoms with E-state index in [0.717, 1.165) is 23.4 Å². The van der Waals surface area contributed by atoms with Crippen molar-refractivity contribution in [2.45, 2.75) is 43.6 Å². The number of amides is 1. The Bertz CT molecular complexity index is 986. The molecule has 0 aliphatic carbocycles. The number of anilines is 1. The highest BCUT2D eigenvalue weighted by molar-refractivity contribution is 8.00. The van der Waals surface area contributed by atoms with Gasteiger partial charge >= 0.3 is 0 Å². The first kappa shape index (κ1) is 17.7. The SMILES string of the molecule is Cc1ccccc1-n1nnnc1S[C@@H](C)C(=O)N1c2ccccc2C[C@H]1C. The number of rotatable bonds is 4. The smallest absolute Gasteiger partial charge is 0.240 e. The van der Waals surface area contributed by atoms with Crippen molar-refractivity contribution in [1.82, 2.24) is 20.2 Å². The third-order valence-electron chi connectivity index (χ3n) is 4.86. The predicted molar refractivity (Wildman–Crippen MR) is 106 cm³/mol. The average molecular weight is 379 g/mol. The van der Waals surface area contributed by atoms with Gasteiger partial charge in [-0.15, -0.1) is 5.10 Å². The van der Waals surface area contributed by atoms with Crippen LogP contribution in [0.25, 0.3) is 5.69 Å². The highest BCUT2D eigenvalue weighted by Crippen LogP contribution is 2.34. The van der Waals surface area contributed by atoms with E-state index < -0.39 is 0 Å². The molecule has 0 unspecified atom stereocenters. The number of thioether (sulfide) groups is 1. The van der Waals surface area contributed by atoms with E-state index in [4.69, 9.17) is 0 Å². The molecule has 1 aliphatic rings. The Balaban J connectivity index is 1.57. The van der Waals surface area contributed by atoms with Crippen LogP contribution in [-0.2, 0) is 11.2 Å². The van der Waals surface area contributed by atoms with Gasteiger partial charge < -0.3 is 4.90 Å². The Morgan fingerprint density at radius 2 is 1.85 bits per heavy atom. The molecule has 7 heteroatoms. The van der Waals surface area contributed by atoms with Crippen molar-refractivity contribution in [2.75, 3.05) is 4.90 Å². The van der Waals surface area contributed by atoms with Gasteiger partial charge in [0.15, 0.2) is 0 Å². The van der Waals surface area contributed by atoms with E-state index in [1.54, 1.807) is 4.68 Å². The van der Waals surface area contributed by atoms with Crippen molar-refractivity contribution in [3.05, 3.63) is 59.7 Å². The lowest BCUT2D eigenvalue weighted by molar-refractivity contribution is -0.118. The molecule has 1 aliphatic heterocycles. The van der Waals surface area contributed by atoms with Gasteiger partial charge in [-0.2, -0.15) is 4.68 Å². The number of carbonyl (C=O) groups is 1. The number of benzene rings is 2. The quantitative estimate of drug-likeness (QED) is 0.650. The molecule has 3 aromatic rings. The molecule has 0 radical (unpaired) electrons. The summed E-state index contributed by atoms with van der Waals surface area (Å²) in [6.45, 7) is 6.02. The largest absolute Gasteiger partial charge is 0.308 e. The van der Waals surface area contributed by atoms with E-state index in [0.29, 0.717) is 5.16 Å². The number of tetrazole rings is 1. The molecule has 0 spiro atoms. The molecular formula is C20H21N5OS. The molecule has 6 nitrogen and oxygen atoms in total. The van der Waals surface area contributed by atoms with Crippen LogP contribution < -0.4 is 4.90 Å². The second-order valence-corrected chi connectivity index (χ2v) is 8.12. The van der Waals surface area contributed by atoms with Crippen LogP contribution in [0.2, 0.25) is 0 Å². The van der Waals surface area contributed by atoms with Crippen LogP contribution in [0.3, 0.4) is 0 Å². The van der Waals surface area contributed by atoms with Crippen LogP contribution in [0.5, 0.6) is 0 Å². The van der Waals surface area contributed by atoms with Crippen LogP contribution in [0.4, 0.5) is 5.69 Å². The van der Waals surface area contributed by atoms with Crippen molar-refractivity contribution in [3.63, 3.8) is 0 Å². The number of carbonyl (C=O) groups excluding carboxylic acids is 1. The lowest BCUT2D eigenvalue weighted by Crippen LogP contribution is -2.40. The van der Waals surface area contributed by atoms with E-state index in [1.807, 2.05) is 61.2 Å². The number of hydrogen-bond donors (Lipinski definition) is 0. The monoisotopic (exact) mass is 379 g/mol. The zero-order chi connectivity index (χ0) is 19.0. The normalized spacial score (nSPS) is 17.0. The second kappa shape index (κ2) is 7.15. The summed E-state index contributed by atoms with van der Waals surface area (Å²) in [6.07, 6.45) is 0.889. The number of para-hydroxylation sites is 2. The predicted octanol–water partition coefficient (Wildman–Crippen LogP) is 3.43. The highest BCUT2D eigenvalue weighted by atomic mass is 32.2. The molecule has 2 heterocycles. The van der Waals surface area contributed by atoms with Crippen molar-refractivity contribution in [1.29, 1.82) is 0 Å². The maximum Gasteiger partial charge on any atom is 0.240 e. The molecular weight excluding hydrogens is 358 g/mol. The van der Waals surface area contributed by atoms with Gasteiger partial charge in [-0.25, -0.2) is 0 Å². The zero-order valence-electron chi connectivity index (χ0n) is 15.5. The average Bonchev–Trinajstić information content (AvgIpc) is 3.24. The van der Waals surface area contributed by atoms with Gasteiger partial charge in [-0.3, -0.25) is 4.79 Å². The first-order chi connectivity index (χ1) is 13.1. The summed E-state index contributed by atoms with van der Waals surface area (Å²) >= 11 is 1.39. The Labute approximate surface area is 162 Å². The molecule has 2 atom stereocenters. The molecule has 0 saturated carbocycles. The maximum absolute atomic E-state index is 13.2. The fraction of sp³-hybridized carbons (Fsp3) is 0.300. The van der Waals surface area contributed by atoms with E-state index in [1.165, 1.54) is 17.3 Å². The third kappa shape index (κ3) is 3.23. The van der Waals surface area contributed by atoms with Gasteiger partial charge in [0, 0.05) is 11.7 Å². The summed E-state index contributed by atoms with van der Waals surface area (Å²) < 4.78 is 1.70. The van der Waals surface area contributed by atoms with Crippen LogP contribution in [0, 0.1) is 6.92 Å². The summed E-state index contributed by atoms with van der Waals surface area (Å²) in [4.78, 5) is 15.1. The first-order valence-corrected chi connectivity index (χ1v) is 9.86. The van der Waals surface area contributed by atoms with Crippen molar-refractivity contribution < 1.29 is 4.79 Å². The van der Waals surface area contributed by atoms with Crippen LogP contribution in [0.15, 0.2) is 53.7 Å². The summed E-state index contributed by atoms with van der Waals surface area (Å²) in [5.41, 5.74) is 4.23. The minimum absolute atomic E-state index is 0.0804. The third-order valence-corrected chi connectivity index (χ3v) is 5.88. The lowest BCUT2D eigenvalue weighted by Gasteiger charge is -2.25. The van der Waals surface area contributed by atoms with Gasteiger partial charge in [0.2, 0.25) is 11.1 Å². The molecule has 0 bridgehead atoms. The molecule has 0 N–H and O–H groups in total. The van der Waals surface area contributed by atoms with Crippen LogP contribution in [0.1, 0.15) is 25.0 Å². The fourth-order valence-electron chi connectivity index (χ4n) is 3.51. The Morgan fingerprint density at radius 1 is 1.15 bits per heavy atom. The number of aromatic nitrogens is 4. The Kier molecular flexibility index (Phi) is 4.70. The number of hydrogen-bond acceptors (Lipinski definition) is 5. The van der Waals surface area contributed by atoms with E-state index in [-0.39, 0.29) is 17.2 Å². The molecule has 0 fully saturated rings. The summed E-state index contributed by atoms with van der Waals surface area (Å²) in [5, 5.41) is 12.4. The Hall–Kier alpha value is -2.67. The number of nitrogens with zero attached hydrogens (tertiary/aromatic N) is 5. The molecule has 138 valence electrons. The van der Waals surface area contributed by atoms with Gasteiger partial charge in [0.25, 0.3) is 0 Å². The van der Waals surface area contributed by atoms with Crippen molar-refractivity contribution in [2.24, 2.45) is 0 Å². The van der Waals surface area contributed by atoms with Gasteiger partial charge in [-0.05, 0) is 60.9 Å². The van der Waals surface area contributed by atoms with E-state index in [9.17, 15) is 4.79 Å². The number of fused-ring (bicyclic) bond motifs is 1. The van der Waals surface area contributed by atoms with Gasteiger partial charge in [-0.1, -0.05) is 48.2 Å².